The van der Waals surface area contributed by atoms with E-state index in [1.165, 1.54) is 30.1 Å². The van der Waals surface area contributed by atoms with Gasteiger partial charge in [0.1, 0.15) is 6.29 Å². The maximum Gasteiger partial charge on any atom is 0.335 e. The Bertz CT molecular complexity index is 505. The van der Waals surface area contributed by atoms with Gasteiger partial charge in [-0.25, -0.2) is 9.59 Å². The van der Waals surface area contributed by atoms with E-state index < -0.39 is 12.0 Å². The van der Waals surface area contributed by atoms with Crippen LogP contribution >= 0.6 is 11.6 Å². The van der Waals surface area contributed by atoms with Crippen LogP contribution in [-0.4, -0.2) is 37.0 Å². The monoisotopic (exact) mass is 284 g/mol. The molecule has 102 valence electrons. The van der Waals surface area contributed by atoms with Crippen molar-refractivity contribution in [3.05, 3.63) is 28.8 Å². The molecule has 19 heavy (non-hydrogen) atoms. The van der Waals surface area contributed by atoms with Gasteiger partial charge in [0.15, 0.2) is 0 Å². The number of hydrogen-bond acceptors (Lipinski definition) is 3. The lowest BCUT2D eigenvalue weighted by Gasteiger charge is -2.22. The molecule has 0 heterocycles. The van der Waals surface area contributed by atoms with E-state index in [0.717, 1.165) is 0 Å². The van der Waals surface area contributed by atoms with Crippen LogP contribution in [0.4, 0.5) is 10.5 Å². The van der Waals surface area contributed by atoms with Crippen LogP contribution in [0.3, 0.4) is 0 Å². The molecule has 0 saturated heterocycles. The number of carbonyl (C=O) groups is 3. The third-order valence-corrected chi connectivity index (χ3v) is 2.73. The van der Waals surface area contributed by atoms with Crippen LogP contribution < -0.4 is 10.2 Å². The van der Waals surface area contributed by atoms with Gasteiger partial charge in [0.25, 0.3) is 0 Å². The minimum Gasteiger partial charge on any atom is -0.478 e. The number of halogens is 1. The molecule has 0 saturated carbocycles. The third kappa shape index (κ3) is 3.69. The third-order valence-electron chi connectivity index (χ3n) is 2.41. The van der Waals surface area contributed by atoms with Crippen molar-refractivity contribution in [2.45, 2.75) is 6.42 Å². The van der Waals surface area contributed by atoms with Crippen LogP contribution in [0.25, 0.3) is 0 Å². The number of urea groups is 1. The maximum absolute atomic E-state index is 11.7. The fourth-order valence-electron chi connectivity index (χ4n) is 1.50. The summed E-state index contributed by atoms with van der Waals surface area (Å²) < 4.78 is 0. The van der Waals surface area contributed by atoms with E-state index in [4.69, 9.17) is 16.7 Å². The van der Waals surface area contributed by atoms with Crippen molar-refractivity contribution in [3.8, 4) is 0 Å². The molecule has 6 nitrogen and oxygen atoms in total. The molecule has 0 aromatic heterocycles. The normalized spacial score (nSPS) is 9.79. The van der Waals surface area contributed by atoms with E-state index in [0.29, 0.717) is 6.29 Å². The number of aromatic carboxylic acids is 1. The van der Waals surface area contributed by atoms with E-state index in [1.54, 1.807) is 0 Å². The Kier molecular flexibility index (Phi) is 5.32. The first-order chi connectivity index (χ1) is 9.01. The first-order valence-electron chi connectivity index (χ1n) is 5.47. The molecule has 1 rings (SSSR count). The maximum atomic E-state index is 11.7. The Morgan fingerprint density at radius 3 is 2.68 bits per heavy atom. The van der Waals surface area contributed by atoms with Crippen molar-refractivity contribution in [1.82, 2.24) is 5.32 Å². The van der Waals surface area contributed by atoms with E-state index >= 15 is 0 Å². The molecule has 0 radical (unpaired) electrons. The molecule has 7 heteroatoms. The summed E-state index contributed by atoms with van der Waals surface area (Å²) in [6, 6.07) is 3.57. The molecule has 2 N–H and O–H groups in total. The van der Waals surface area contributed by atoms with Gasteiger partial charge in [0.05, 0.1) is 16.3 Å². The van der Waals surface area contributed by atoms with Gasteiger partial charge in [-0.15, -0.1) is 0 Å². The summed E-state index contributed by atoms with van der Waals surface area (Å²) in [5.74, 6) is -1.12. The van der Waals surface area contributed by atoms with Crippen molar-refractivity contribution in [2.24, 2.45) is 0 Å². The van der Waals surface area contributed by atoms with Gasteiger partial charge in [0.2, 0.25) is 0 Å². The molecule has 2 amide bonds. The summed E-state index contributed by atoms with van der Waals surface area (Å²) in [6.07, 6.45) is 0.798. The quantitative estimate of drug-likeness (QED) is 0.807. The van der Waals surface area contributed by atoms with E-state index in [-0.39, 0.29) is 29.2 Å². The molecule has 0 aliphatic rings. The molecule has 0 aliphatic carbocycles. The molecule has 0 spiro atoms. The average molecular weight is 285 g/mol. The predicted molar refractivity (Wildman–Crippen MR) is 70.9 cm³/mol. The number of carboxylic acid groups (broad SMARTS) is 1. The van der Waals surface area contributed by atoms with Crippen LogP contribution in [0.15, 0.2) is 18.2 Å². The van der Waals surface area contributed by atoms with E-state index in [2.05, 4.69) is 5.32 Å². The number of carboxylic acids is 1. The van der Waals surface area contributed by atoms with Crippen molar-refractivity contribution >= 4 is 35.6 Å². The van der Waals surface area contributed by atoms with Crippen LogP contribution in [0, 0.1) is 0 Å². The highest BCUT2D eigenvalue weighted by Crippen LogP contribution is 2.27. The lowest BCUT2D eigenvalue weighted by Crippen LogP contribution is -2.39. The Labute approximate surface area is 115 Å². The van der Waals surface area contributed by atoms with Gasteiger partial charge in [-0.1, -0.05) is 11.6 Å². The summed E-state index contributed by atoms with van der Waals surface area (Å²) >= 11 is 5.97. The van der Waals surface area contributed by atoms with Gasteiger partial charge < -0.3 is 15.2 Å². The minimum absolute atomic E-state index is 0.0133. The Hall–Kier alpha value is -2.08. The zero-order valence-corrected chi connectivity index (χ0v) is 11.0. The van der Waals surface area contributed by atoms with E-state index in [9.17, 15) is 14.4 Å². The molecule has 0 atom stereocenters. The molecular weight excluding hydrogens is 272 g/mol. The van der Waals surface area contributed by atoms with Gasteiger partial charge in [-0.3, -0.25) is 4.90 Å². The Balaban J connectivity index is 3.19. The van der Waals surface area contributed by atoms with Crippen LogP contribution in [0.1, 0.15) is 16.8 Å². The zero-order valence-electron chi connectivity index (χ0n) is 10.2. The van der Waals surface area contributed by atoms with Crippen molar-refractivity contribution in [3.63, 3.8) is 0 Å². The number of nitrogens with one attached hydrogen (secondary N) is 1. The number of rotatable bonds is 5. The fourth-order valence-corrected chi connectivity index (χ4v) is 1.72. The first-order valence-corrected chi connectivity index (χ1v) is 5.84. The predicted octanol–water partition coefficient (Wildman–Crippen LogP) is 1.77. The summed E-state index contributed by atoms with van der Waals surface area (Å²) in [6.45, 7) is 0.117. The van der Waals surface area contributed by atoms with Gasteiger partial charge >= 0.3 is 12.0 Å². The van der Waals surface area contributed by atoms with Gasteiger partial charge in [0, 0.05) is 20.0 Å². The van der Waals surface area contributed by atoms with Crippen molar-refractivity contribution in [2.75, 3.05) is 18.5 Å². The average Bonchev–Trinajstić information content (AvgIpc) is 2.40. The highest BCUT2D eigenvalue weighted by Gasteiger charge is 2.18. The highest BCUT2D eigenvalue weighted by atomic mass is 35.5. The summed E-state index contributed by atoms with van der Waals surface area (Å²) in [7, 11) is 1.44. The topological polar surface area (TPSA) is 86.7 Å². The van der Waals surface area contributed by atoms with Crippen molar-refractivity contribution < 1.29 is 19.5 Å². The smallest absolute Gasteiger partial charge is 0.335 e. The number of hydrogen-bond donors (Lipinski definition) is 2. The number of benzene rings is 1. The number of anilines is 1. The van der Waals surface area contributed by atoms with Crippen molar-refractivity contribution in [1.29, 1.82) is 0 Å². The second-order valence-corrected chi connectivity index (χ2v) is 4.04. The lowest BCUT2D eigenvalue weighted by molar-refractivity contribution is -0.107. The summed E-state index contributed by atoms with van der Waals surface area (Å²) in [4.78, 5) is 34.3. The molecule has 1 aromatic rings. The molecule has 0 aliphatic heterocycles. The summed E-state index contributed by atoms with van der Waals surface area (Å²) in [5.41, 5.74) is 0.266. The first kappa shape index (κ1) is 15.0. The van der Waals surface area contributed by atoms with Crippen LogP contribution in [0.2, 0.25) is 5.02 Å². The second kappa shape index (κ2) is 6.75. The summed E-state index contributed by atoms with van der Waals surface area (Å²) in [5, 5.41) is 11.6. The molecule has 0 bridgehead atoms. The fraction of sp³-hybridized carbons (Fsp3) is 0.250. The van der Waals surface area contributed by atoms with E-state index in [1.807, 2.05) is 0 Å². The second-order valence-electron chi connectivity index (χ2n) is 3.63. The van der Waals surface area contributed by atoms with Gasteiger partial charge in [-0.2, -0.15) is 0 Å². The molecule has 0 fully saturated rings. The Morgan fingerprint density at radius 2 is 2.16 bits per heavy atom. The number of aldehydes is 1. The SMILES string of the molecule is CNC(=O)N(CCC=O)c1cc(C(=O)O)ccc1Cl. The molecular formula is C12H13ClN2O4. The number of carbonyl (C=O) groups excluding carboxylic acids is 2. The standard InChI is InChI=1S/C12H13ClN2O4/c1-14-12(19)15(5-2-6-16)10-7-8(11(17)18)3-4-9(10)13/h3-4,6-7H,2,5H2,1H3,(H,14,19)(H,17,18). The number of nitrogens with zero attached hydrogens (tertiary/aromatic N) is 1. The largest absolute Gasteiger partial charge is 0.478 e. The van der Waals surface area contributed by atoms with Crippen LogP contribution in [-0.2, 0) is 4.79 Å². The van der Waals surface area contributed by atoms with Crippen LogP contribution in [0.5, 0.6) is 0 Å². The number of amides is 2. The van der Waals surface area contributed by atoms with Gasteiger partial charge in [-0.05, 0) is 18.2 Å². The Morgan fingerprint density at radius 1 is 1.47 bits per heavy atom. The minimum atomic E-state index is -1.12. The zero-order chi connectivity index (χ0) is 14.4. The lowest BCUT2D eigenvalue weighted by atomic mass is 10.2. The molecule has 0 unspecified atom stereocenters. The molecule has 1 aromatic carbocycles. The highest BCUT2D eigenvalue weighted by molar-refractivity contribution is 6.34.